The van der Waals surface area contributed by atoms with E-state index >= 15 is 0 Å². The van der Waals surface area contributed by atoms with Gasteiger partial charge in [0.2, 0.25) is 0 Å². The molecule has 10 nitrogen and oxygen atoms in total. The standard InChI is InChI=1S/C38H46O10/c1-20(2)10-9-13-36(8)14-12-23-29(41)28-30(42)25-16-22-17-26-35(6,7)48-37(33(22)43,15-11-21(3)45-19-39)38(25,26)47-32(28)24(31(23)46-36)18-27(40)34(4,5)44/h10-12,14,16,19,22,26-27,40-41,44H,9,13,15,17-18H2,1-8H3/b21-11-/t22?,26?,27?,36-,37+,38-/m1/s1. The highest BCUT2D eigenvalue weighted by Crippen LogP contribution is 2.68. The third-order valence-electron chi connectivity index (χ3n) is 10.9. The molecule has 10 heteroatoms. The van der Waals surface area contributed by atoms with E-state index in [2.05, 4.69) is 6.08 Å². The fraction of sp³-hybridized carbons (Fsp3) is 0.553. The van der Waals surface area contributed by atoms with Crippen LogP contribution in [-0.4, -0.2) is 67.5 Å². The normalized spacial score (nSPS) is 31.5. The Morgan fingerprint density at radius 1 is 1.12 bits per heavy atom. The number of Topliss-reactive ketones (excluding diaryl/α,β-unsaturated/α-hetero) is 2. The molecule has 0 amide bonds. The van der Waals surface area contributed by atoms with E-state index in [0.29, 0.717) is 24.9 Å². The Labute approximate surface area is 281 Å². The summed E-state index contributed by atoms with van der Waals surface area (Å²) in [4.78, 5) is 40.2. The van der Waals surface area contributed by atoms with Gasteiger partial charge in [0, 0.05) is 35.8 Å². The van der Waals surface area contributed by atoms with E-state index in [9.17, 15) is 29.7 Å². The number of benzene rings is 1. The Bertz CT molecular complexity index is 1720. The summed E-state index contributed by atoms with van der Waals surface area (Å²) in [6, 6.07) is 0. The van der Waals surface area contributed by atoms with Crippen LogP contribution in [0.3, 0.4) is 0 Å². The molecule has 0 radical (unpaired) electrons. The number of hydrogen-bond donors (Lipinski definition) is 3. The second-order valence-corrected chi connectivity index (χ2v) is 15.5. The minimum absolute atomic E-state index is 0.00711. The van der Waals surface area contributed by atoms with Crippen molar-refractivity contribution in [3.8, 4) is 17.2 Å². The van der Waals surface area contributed by atoms with Crippen LogP contribution in [0.2, 0.25) is 0 Å². The number of aromatic hydroxyl groups is 1. The number of carbonyl (C=O) groups excluding carboxylic acids is 3. The van der Waals surface area contributed by atoms with Gasteiger partial charge in [-0.05, 0) is 92.9 Å². The summed E-state index contributed by atoms with van der Waals surface area (Å²) >= 11 is 0. The molecule has 1 spiro atoms. The van der Waals surface area contributed by atoms with E-state index in [-0.39, 0.29) is 58.3 Å². The monoisotopic (exact) mass is 662 g/mol. The number of phenols is 1. The summed E-state index contributed by atoms with van der Waals surface area (Å²) in [5.41, 5.74) is -4.63. The van der Waals surface area contributed by atoms with Crippen molar-refractivity contribution in [1.82, 2.24) is 0 Å². The highest BCUT2D eigenvalue weighted by Gasteiger charge is 2.81. The van der Waals surface area contributed by atoms with Gasteiger partial charge in [-0.15, -0.1) is 0 Å². The molecule has 1 aromatic carbocycles. The first-order valence-electron chi connectivity index (χ1n) is 16.6. The minimum atomic E-state index is -1.66. The molecule has 1 aromatic rings. The lowest BCUT2D eigenvalue weighted by molar-refractivity contribution is -0.171. The number of hydrogen-bond acceptors (Lipinski definition) is 10. The number of rotatable bonds is 10. The molecular formula is C38H46O10. The molecule has 3 aliphatic heterocycles. The van der Waals surface area contributed by atoms with Crippen molar-refractivity contribution in [1.29, 1.82) is 0 Å². The summed E-state index contributed by atoms with van der Waals surface area (Å²) in [6.07, 6.45) is 9.12. The smallest absolute Gasteiger partial charge is 0.298 e. The lowest BCUT2D eigenvalue weighted by Crippen LogP contribution is -2.72. The highest BCUT2D eigenvalue weighted by molar-refractivity contribution is 6.19. The number of phenolic OH excluding ortho intramolecular Hbond substituents is 1. The Balaban J connectivity index is 1.59. The number of fused-ring (bicyclic) bond motifs is 2. The average Bonchev–Trinajstić information content (AvgIpc) is 3.14. The highest BCUT2D eigenvalue weighted by atomic mass is 16.6. The molecule has 3 N–H and O–H groups in total. The first-order chi connectivity index (χ1) is 22.3. The predicted molar refractivity (Wildman–Crippen MR) is 177 cm³/mol. The van der Waals surface area contributed by atoms with Gasteiger partial charge in [0.15, 0.2) is 22.8 Å². The average molecular weight is 663 g/mol. The zero-order valence-electron chi connectivity index (χ0n) is 28.9. The number of ketones is 2. The minimum Gasteiger partial charge on any atom is -0.506 e. The third kappa shape index (κ3) is 4.90. The summed E-state index contributed by atoms with van der Waals surface area (Å²) < 4.78 is 25.5. The topological polar surface area (TPSA) is 149 Å². The van der Waals surface area contributed by atoms with Crippen LogP contribution in [0, 0.1) is 11.8 Å². The Morgan fingerprint density at radius 2 is 1.83 bits per heavy atom. The first kappa shape index (κ1) is 34.1. The van der Waals surface area contributed by atoms with E-state index in [1.165, 1.54) is 19.4 Å². The van der Waals surface area contributed by atoms with Gasteiger partial charge in [-0.1, -0.05) is 17.7 Å². The van der Waals surface area contributed by atoms with Crippen LogP contribution in [0.25, 0.3) is 6.08 Å². The SMILES string of the molecule is CC(C)=CCC[C@]1(C)C=Cc2c(O)c3c(c(CC(O)C(C)(C)O)c2O1)O[C@]12C(=CC4CC1C(C)(C)O[C@@]2(C/C=C(/C)OC=O)C4=O)C3=O. The molecule has 6 atom stereocenters. The fourth-order valence-electron chi connectivity index (χ4n) is 8.34. The van der Waals surface area contributed by atoms with Crippen molar-refractivity contribution in [3.05, 3.63) is 57.9 Å². The second-order valence-electron chi connectivity index (χ2n) is 15.5. The second kappa shape index (κ2) is 11.1. The number of ether oxygens (including phenoxy) is 4. The molecule has 258 valence electrons. The summed E-state index contributed by atoms with van der Waals surface area (Å²) in [5, 5.41) is 33.9. The fourth-order valence-corrected chi connectivity index (χ4v) is 8.34. The Morgan fingerprint density at radius 3 is 2.48 bits per heavy atom. The van der Waals surface area contributed by atoms with Crippen molar-refractivity contribution >= 4 is 24.1 Å². The van der Waals surface area contributed by atoms with Gasteiger partial charge < -0.3 is 34.3 Å². The number of allylic oxidation sites excluding steroid dienone is 4. The van der Waals surface area contributed by atoms with Gasteiger partial charge in [0.25, 0.3) is 6.47 Å². The lowest BCUT2D eigenvalue weighted by Gasteiger charge is -2.56. The lowest BCUT2D eigenvalue weighted by atomic mass is 9.51. The van der Waals surface area contributed by atoms with Crippen LogP contribution in [0.4, 0.5) is 0 Å². The largest absolute Gasteiger partial charge is 0.506 e. The maximum Gasteiger partial charge on any atom is 0.298 e. The summed E-state index contributed by atoms with van der Waals surface area (Å²) in [6.45, 7) is 14.6. The molecule has 0 aromatic heterocycles. The molecule has 7 rings (SSSR count). The van der Waals surface area contributed by atoms with Crippen LogP contribution in [-0.2, 0) is 25.5 Å². The Hall–Kier alpha value is -3.73. The van der Waals surface area contributed by atoms with Gasteiger partial charge in [-0.25, -0.2) is 0 Å². The van der Waals surface area contributed by atoms with Crippen molar-refractivity contribution in [2.45, 2.75) is 122 Å². The van der Waals surface area contributed by atoms with E-state index in [0.717, 1.165) is 6.42 Å². The van der Waals surface area contributed by atoms with Gasteiger partial charge in [-0.2, -0.15) is 0 Å². The van der Waals surface area contributed by atoms with Crippen LogP contribution in [0.5, 0.6) is 17.2 Å². The van der Waals surface area contributed by atoms with Crippen molar-refractivity contribution < 1.29 is 48.7 Å². The zero-order chi connectivity index (χ0) is 35.2. The Kier molecular flexibility index (Phi) is 7.93. The van der Waals surface area contributed by atoms with Crippen LogP contribution >= 0.6 is 0 Å². The molecule has 3 heterocycles. The van der Waals surface area contributed by atoms with E-state index in [1.807, 2.05) is 40.7 Å². The predicted octanol–water partition coefficient (Wildman–Crippen LogP) is 5.45. The first-order valence-corrected chi connectivity index (χ1v) is 16.6. The van der Waals surface area contributed by atoms with Gasteiger partial charge in [0.05, 0.1) is 22.9 Å². The van der Waals surface area contributed by atoms with Crippen LogP contribution in [0.15, 0.2) is 41.2 Å². The van der Waals surface area contributed by atoms with E-state index < -0.39 is 51.7 Å². The summed E-state index contributed by atoms with van der Waals surface area (Å²) in [7, 11) is 0. The number of aliphatic hydroxyl groups excluding tert-OH is 1. The van der Waals surface area contributed by atoms with E-state index in [4.69, 9.17) is 18.9 Å². The summed E-state index contributed by atoms with van der Waals surface area (Å²) in [5.74, 6) is -1.65. The van der Waals surface area contributed by atoms with Gasteiger partial charge in [-0.3, -0.25) is 14.4 Å². The molecular weight excluding hydrogens is 616 g/mol. The molecule has 2 fully saturated rings. The molecule has 1 saturated carbocycles. The van der Waals surface area contributed by atoms with Crippen molar-refractivity contribution in [2.75, 3.05) is 0 Å². The molecule has 3 unspecified atom stereocenters. The molecule has 1 saturated heterocycles. The van der Waals surface area contributed by atoms with E-state index in [1.54, 1.807) is 25.2 Å². The molecule has 4 bridgehead atoms. The van der Waals surface area contributed by atoms with Crippen molar-refractivity contribution in [3.63, 3.8) is 0 Å². The number of aliphatic hydroxyl groups is 2. The third-order valence-corrected chi connectivity index (χ3v) is 10.9. The maximum absolute atomic E-state index is 14.8. The van der Waals surface area contributed by atoms with Gasteiger partial charge >= 0.3 is 0 Å². The molecule has 6 aliphatic rings. The quantitative estimate of drug-likeness (QED) is 0.168. The molecule has 48 heavy (non-hydrogen) atoms. The van der Waals surface area contributed by atoms with Crippen molar-refractivity contribution in [2.24, 2.45) is 11.8 Å². The molecule has 3 aliphatic carbocycles. The zero-order valence-corrected chi connectivity index (χ0v) is 28.9. The van der Waals surface area contributed by atoms with Gasteiger partial charge in [0.1, 0.15) is 34.2 Å². The van der Waals surface area contributed by atoms with Crippen LogP contribution < -0.4 is 9.47 Å². The maximum atomic E-state index is 14.8. The van der Waals surface area contributed by atoms with Crippen LogP contribution in [0.1, 0.15) is 103 Å². The number of carbonyl (C=O) groups is 3.